The number of nitrogens with one attached hydrogen (secondary N) is 2. The molecule has 6 heteroatoms. The van der Waals surface area contributed by atoms with Crippen LogP contribution in [0.3, 0.4) is 0 Å². The van der Waals surface area contributed by atoms with Crippen LogP contribution in [0.4, 0.5) is 5.69 Å². The molecule has 2 heterocycles. The highest BCUT2D eigenvalue weighted by Gasteiger charge is 2.23. The molecule has 6 nitrogen and oxygen atoms in total. The number of para-hydroxylation sites is 1. The van der Waals surface area contributed by atoms with Crippen LogP contribution < -0.4 is 15.8 Å². The summed E-state index contributed by atoms with van der Waals surface area (Å²) in [5.41, 5.74) is 4.33. The zero-order chi connectivity index (χ0) is 19.7. The second-order valence-corrected chi connectivity index (χ2v) is 7.36. The quantitative estimate of drug-likeness (QED) is 0.714. The van der Waals surface area contributed by atoms with Crippen molar-refractivity contribution in [2.45, 2.75) is 19.9 Å². The lowest BCUT2D eigenvalue weighted by Crippen LogP contribution is -3.12. The van der Waals surface area contributed by atoms with Crippen molar-refractivity contribution in [3.63, 3.8) is 0 Å². The number of anilines is 1. The Morgan fingerprint density at radius 2 is 1.75 bits per heavy atom. The molecule has 144 valence electrons. The molecule has 28 heavy (non-hydrogen) atoms. The van der Waals surface area contributed by atoms with Gasteiger partial charge in [0.15, 0.2) is 6.54 Å². The molecule has 2 aromatic carbocycles. The van der Waals surface area contributed by atoms with Crippen LogP contribution in [0, 0.1) is 6.92 Å². The smallest absolute Gasteiger partial charge is 0.295 e. The lowest BCUT2D eigenvalue weighted by molar-refractivity contribution is -0.907. The summed E-state index contributed by atoms with van der Waals surface area (Å²) >= 11 is 0. The number of hydrogen-bond acceptors (Lipinski definition) is 2. The van der Waals surface area contributed by atoms with Crippen LogP contribution in [0.15, 0.2) is 59.4 Å². The maximum absolute atomic E-state index is 12.9. The number of carbonyl (C=O) groups excluding carboxylic acids is 1. The Hall–Kier alpha value is -3.12. The van der Waals surface area contributed by atoms with Crippen LogP contribution in [0.1, 0.15) is 16.8 Å². The van der Waals surface area contributed by atoms with Gasteiger partial charge in [-0.1, -0.05) is 42.5 Å². The van der Waals surface area contributed by atoms with Crippen molar-refractivity contribution >= 4 is 11.6 Å². The minimum absolute atomic E-state index is 0.125. The van der Waals surface area contributed by atoms with E-state index < -0.39 is 0 Å². The first-order valence-electron chi connectivity index (χ1n) is 9.59. The van der Waals surface area contributed by atoms with Crippen LogP contribution in [0.25, 0.3) is 5.69 Å². The number of carbonyl (C=O) groups is 1. The average molecular weight is 377 g/mol. The van der Waals surface area contributed by atoms with Crippen LogP contribution in [-0.2, 0) is 24.8 Å². The van der Waals surface area contributed by atoms with E-state index in [1.807, 2.05) is 50.4 Å². The number of aromatic nitrogens is 2. The molecular formula is C22H25N4O2+. The first kappa shape index (κ1) is 18.3. The van der Waals surface area contributed by atoms with Crippen LogP contribution in [0.2, 0.25) is 0 Å². The van der Waals surface area contributed by atoms with Gasteiger partial charge >= 0.3 is 0 Å². The van der Waals surface area contributed by atoms with E-state index in [4.69, 9.17) is 0 Å². The Labute approximate surface area is 164 Å². The van der Waals surface area contributed by atoms with Gasteiger partial charge in [0.25, 0.3) is 11.5 Å². The van der Waals surface area contributed by atoms with Gasteiger partial charge in [-0.25, -0.2) is 4.68 Å². The number of fused-ring (bicyclic) bond motifs is 1. The van der Waals surface area contributed by atoms with Crippen molar-refractivity contribution < 1.29 is 9.69 Å². The topological polar surface area (TPSA) is 60.5 Å². The first-order chi connectivity index (χ1) is 13.5. The number of amides is 1. The molecule has 0 bridgehead atoms. The highest BCUT2D eigenvalue weighted by molar-refractivity contribution is 5.91. The lowest BCUT2D eigenvalue weighted by Gasteiger charge is -2.25. The molecule has 1 unspecified atom stereocenters. The van der Waals surface area contributed by atoms with E-state index in [1.165, 1.54) is 16.0 Å². The summed E-state index contributed by atoms with van der Waals surface area (Å²) in [5.74, 6) is -0.125. The average Bonchev–Trinajstić information content (AvgIpc) is 2.92. The Balaban J connectivity index is 1.51. The van der Waals surface area contributed by atoms with E-state index in [-0.39, 0.29) is 11.5 Å². The van der Waals surface area contributed by atoms with E-state index in [2.05, 4.69) is 23.5 Å². The summed E-state index contributed by atoms with van der Waals surface area (Å²) in [6.07, 6.45) is 0.976. The van der Waals surface area contributed by atoms with E-state index in [0.29, 0.717) is 12.2 Å². The van der Waals surface area contributed by atoms with Crippen molar-refractivity contribution in [2.24, 2.45) is 7.05 Å². The third kappa shape index (κ3) is 3.39. The fourth-order valence-electron chi connectivity index (χ4n) is 3.92. The Bertz CT molecular complexity index is 1070. The maximum Gasteiger partial charge on any atom is 0.295 e. The second-order valence-electron chi connectivity index (χ2n) is 7.36. The predicted octanol–water partition coefficient (Wildman–Crippen LogP) is 1.06. The lowest BCUT2D eigenvalue weighted by atomic mass is 10.00. The molecule has 0 saturated heterocycles. The number of benzene rings is 2. The van der Waals surface area contributed by atoms with Crippen LogP contribution >= 0.6 is 0 Å². The van der Waals surface area contributed by atoms with Gasteiger partial charge in [-0.3, -0.25) is 14.3 Å². The molecular weight excluding hydrogens is 352 g/mol. The fourth-order valence-corrected chi connectivity index (χ4v) is 3.92. The molecule has 1 aliphatic rings. The Morgan fingerprint density at radius 1 is 1.07 bits per heavy atom. The molecule has 0 saturated carbocycles. The van der Waals surface area contributed by atoms with Gasteiger partial charge < -0.3 is 10.2 Å². The Morgan fingerprint density at radius 3 is 2.50 bits per heavy atom. The zero-order valence-electron chi connectivity index (χ0n) is 16.2. The molecule has 1 atom stereocenters. The molecule has 1 aliphatic heterocycles. The molecule has 0 aliphatic carbocycles. The third-order valence-corrected chi connectivity index (χ3v) is 5.54. The standard InChI is InChI=1S/C22H24N4O2/c1-16-21(22(28)26(24(16)2)19-10-4-3-5-11-19)23-20(27)15-25-13-12-17-8-6-7-9-18(17)14-25/h3-11H,12-15H2,1-2H3,(H,23,27)/p+1. The highest BCUT2D eigenvalue weighted by Crippen LogP contribution is 2.14. The molecule has 1 aromatic heterocycles. The highest BCUT2D eigenvalue weighted by atomic mass is 16.2. The first-order valence-corrected chi connectivity index (χ1v) is 9.59. The SMILES string of the molecule is Cc1c(NC(=O)C[NH+]2CCc3ccccc3C2)c(=O)n(-c2ccccc2)n1C. The minimum Gasteiger partial charge on any atom is -0.323 e. The van der Waals surface area contributed by atoms with Gasteiger partial charge in [0.05, 0.1) is 17.9 Å². The van der Waals surface area contributed by atoms with Gasteiger partial charge in [0.1, 0.15) is 12.2 Å². The predicted molar refractivity (Wildman–Crippen MR) is 109 cm³/mol. The maximum atomic E-state index is 12.9. The molecule has 0 radical (unpaired) electrons. The fraction of sp³-hybridized carbons (Fsp3) is 0.273. The van der Waals surface area contributed by atoms with Crippen molar-refractivity contribution in [2.75, 3.05) is 18.4 Å². The summed E-state index contributed by atoms with van der Waals surface area (Å²) in [7, 11) is 1.83. The molecule has 0 fully saturated rings. The molecule has 4 rings (SSSR count). The van der Waals surface area contributed by atoms with E-state index in [9.17, 15) is 9.59 Å². The number of hydrogen-bond donors (Lipinski definition) is 2. The molecule has 3 aromatic rings. The second kappa shape index (κ2) is 7.48. The summed E-state index contributed by atoms with van der Waals surface area (Å²) in [6, 6.07) is 17.8. The largest absolute Gasteiger partial charge is 0.323 e. The normalized spacial score (nSPS) is 15.9. The molecule has 0 spiro atoms. The molecule has 1 amide bonds. The van der Waals surface area contributed by atoms with E-state index in [0.717, 1.165) is 30.9 Å². The van der Waals surface area contributed by atoms with Crippen LogP contribution in [-0.4, -0.2) is 28.4 Å². The summed E-state index contributed by atoms with van der Waals surface area (Å²) in [5, 5.41) is 2.87. The van der Waals surface area contributed by atoms with Crippen molar-refractivity contribution in [1.82, 2.24) is 9.36 Å². The van der Waals surface area contributed by atoms with Crippen LogP contribution in [0.5, 0.6) is 0 Å². The van der Waals surface area contributed by atoms with Crippen molar-refractivity contribution in [3.8, 4) is 5.69 Å². The Kier molecular flexibility index (Phi) is 4.88. The van der Waals surface area contributed by atoms with Gasteiger partial charge in [-0.15, -0.1) is 0 Å². The van der Waals surface area contributed by atoms with Crippen molar-refractivity contribution in [3.05, 3.63) is 81.8 Å². The third-order valence-electron chi connectivity index (χ3n) is 5.54. The van der Waals surface area contributed by atoms with Gasteiger partial charge in [0.2, 0.25) is 0 Å². The van der Waals surface area contributed by atoms with Gasteiger partial charge in [0, 0.05) is 19.0 Å². The zero-order valence-corrected chi connectivity index (χ0v) is 16.2. The number of rotatable bonds is 4. The monoisotopic (exact) mass is 377 g/mol. The van der Waals surface area contributed by atoms with Gasteiger partial charge in [-0.05, 0) is 24.6 Å². The summed E-state index contributed by atoms with van der Waals surface area (Å²) in [4.78, 5) is 26.8. The summed E-state index contributed by atoms with van der Waals surface area (Å²) < 4.78 is 3.35. The number of quaternary nitrogens is 1. The van der Waals surface area contributed by atoms with E-state index in [1.54, 1.807) is 9.36 Å². The summed E-state index contributed by atoms with van der Waals surface area (Å²) in [6.45, 7) is 3.96. The number of nitrogens with zero attached hydrogens (tertiary/aromatic N) is 2. The minimum atomic E-state index is -0.210. The molecule has 2 N–H and O–H groups in total. The van der Waals surface area contributed by atoms with Gasteiger partial charge in [-0.2, -0.15) is 0 Å². The van der Waals surface area contributed by atoms with E-state index >= 15 is 0 Å². The van der Waals surface area contributed by atoms with Crippen molar-refractivity contribution in [1.29, 1.82) is 0 Å².